The summed E-state index contributed by atoms with van der Waals surface area (Å²) in [4.78, 5) is 47.0. The Morgan fingerprint density at radius 1 is 0.846 bits per heavy atom. The SMILES string of the molecule is C=C(CSCCOC(=O)CCCC(C)(C)CC(C)CNC(=O)OCCSCC(=C)C(=O)OCC)C(=O)OCC. The highest BCUT2D eigenvalue weighted by atomic mass is 32.2. The number of alkyl carbamates (subject to hydrolysis) is 1. The maximum absolute atomic E-state index is 12.0. The Balaban J connectivity index is 3.93. The molecule has 0 aliphatic rings. The van der Waals surface area contributed by atoms with Crippen molar-refractivity contribution in [2.75, 3.05) is 56.0 Å². The van der Waals surface area contributed by atoms with E-state index in [1.54, 1.807) is 13.8 Å². The summed E-state index contributed by atoms with van der Waals surface area (Å²) in [6, 6.07) is 0. The fraction of sp³-hybridized carbons (Fsp3) is 0.714. The number of ether oxygens (including phenoxy) is 4. The van der Waals surface area contributed by atoms with Gasteiger partial charge < -0.3 is 24.3 Å². The van der Waals surface area contributed by atoms with Crippen LogP contribution in [0, 0.1) is 11.3 Å². The van der Waals surface area contributed by atoms with Crippen molar-refractivity contribution in [3.05, 3.63) is 24.3 Å². The minimum absolute atomic E-state index is 0.00650. The minimum Gasteiger partial charge on any atom is -0.465 e. The zero-order valence-electron chi connectivity index (χ0n) is 24.3. The van der Waals surface area contributed by atoms with E-state index in [2.05, 4.69) is 39.2 Å². The molecule has 0 bridgehead atoms. The van der Waals surface area contributed by atoms with E-state index in [0.717, 1.165) is 19.3 Å². The second-order valence-electron chi connectivity index (χ2n) is 9.82. The monoisotopic (exact) mass is 589 g/mol. The van der Waals surface area contributed by atoms with Gasteiger partial charge >= 0.3 is 24.0 Å². The molecule has 39 heavy (non-hydrogen) atoms. The zero-order chi connectivity index (χ0) is 29.7. The van der Waals surface area contributed by atoms with Gasteiger partial charge in [-0.05, 0) is 44.4 Å². The van der Waals surface area contributed by atoms with Gasteiger partial charge in [0.25, 0.3) is 0 Å². The second-order valence-corrected chi connectivity index (χ2v) is 12.0. The molecule has 0 aliphatic heterocycles. The van der Waals surface area contributed by atoms with Crippen LogP contribution in [0.15, 0.2) is 24.3 Å². The van der Waals surface area contributed by atoms with E-state index in [9.17, 15) is 19.2 Å². The third-order valence-corrected chi connectivity index (χ3v) is 7.38. The van der Waals surface area contributed by atoms with Gasteiger partial charge in [0.2, 0.25) is 0 Å². The average molecular weight is 590 g/mol. The van der Waals surface area contributed by atoms with Crippen LogP contribution >= 0.6 is 23.5 Å². The smallest absolute Gasteiger partial charge is 0.407 e. The number of carbonyl (C=O) groups is 4. The largest absolute Gasteiger partial charge is 0.465 e. The van der Waals surface area contributed by atoms with Gasteiger partial charge in [-0.15, -0.1) is 0 Å². The molecule has 0 spiro atoms. The molecule has 1 atom stereocenters. The number of thioether (sulfide) groups is 2. The summed E-state index contributed by atoms with van der Waals surface area (Å²) < 4.78 is 20.2. The van der Waals surface area contributed by atoms with Crippen molar-refractivity contribution in [1.29, 1.82) is 0 Å². The number of rotatable bonds is 22. The molecule has 0 rings (SSSR count). The molecule has 0 saturated carbocycles. The molecule has 0 fully saturated rings. The first-order chi connectivity index (χ1) is 18.4. The lowest BCUT2D eigenvalue weighted by Crippen LogP contribution is -2.31. The fourth-order valence-corrected chi connectivity index (χ4v) is 5.01. The van der Waals surface area contributed by atoms with Crippen molar-refractivity contribution < 1.29 is 38.1 Å². The summed E-state index contributed by atoms with van der Waals surface area (Å²) in [5.74, 6) is 1.25. The van der Waals surface area contributed by atoms with Gasteiger partial charge in [0.05, 0.1) is 13.2 Å². The topological polar surface area (TPSA) is 117 Å². The van der Waals surface area contributed by atoms with Gasteiger partial charge in [0.1, 0.15) is 13.2 Å². The van der Waals surface area contributed by atoms with Crippen LogP contribution in [-0.2, 0) is 33.3 Å². The van der Waals surface area contributed by atoms with Crippen molar-refractivity contribution in [2.24, 2.45) is 11.3 Å². The van der Waals surface area contributed by atoms with Crippen molar-refractivity contribution in [2.45, 2.75) is 60.3 Å². The molecule has 0 aromatic rings. The number of nitrogens with one attached hydrogen (secondary N) is 1. The third-order valence-electron chi connectivity index (χ3n) is 5.36. The Morgan fingerprint density at radius 3 is 1.87 bits per heavy atom. The summed E-state index contributed by atoms with van der Waals surface area (Å²) in [7, 11) is 0. The third kappa shape index (κ3) is 20.4. The first-order valence-electron chi connectivity index (χ1n) is 13.3. The zero-order valence-corrected chi connectivity index (χ0v) is 25.9. The van der Waals surface area contributed by atoms with Gasteiger partial charge in [0, 0.05) is 47.1 Å². The van der Waals surface area contributed by atoms with Crippen LogP contribution in [0.4, 0.5) is 4.79 Å². The van der Waals surface area contributed by atoms with Gasteiger partial charge in [-0.3, -0.25) is 4.79 Å². The summed E-state index contributed by atoms with van der Waals surface area (Å²) >= 11 is 2.92. The number of hydrogen-bond donors (Lipinski definition) is 1. The Labute approximate surface area is 242 Å². The summed E-state index contributed by atoms with van der Waals surface area (Å²) in [6.07, 6.45) is 2.36. The van der Waals surface area contributed by atoms with Crippen molar-refractivity contribution >= 4 is 47.5 Å². The summed E-state index contributed by atoms with van der Waals surface area (Å²) in [6.45, 7) is 18.9. The number of esters is 3. The molecule has 0 aromatic heterocycles. The highest BCUT2D eigenvalue weighted by Gasteiger charge is 2.22. The maximum Gasteiger partial charge on any atom is 0.407 e. The predicted octanol–water partition coefficient (Wildman–Crippen LogP) is 5.18. The van der Waals surface area contributed by atoms with Crippen LogP contribution in [0.5, 0.6) is 0 Å². The number of hydrogen-bond acceptors (Lipinski definition) is 10. The molecule has 1 amide bonds. The van der Waals surface area contributed by atoms with E-state index in [0.29, 0.717) is 66.9 Å². The van der Waals surface area contributed by atoms with E-state index in [-0.39, 0.29) is 23.9 Å². The van der Waals surface area contributed by atoms with Gasteiger partial charge in [0.15, 0.2) is 0 Å². The lowest BCUT2D eigenvalue weighted by molar-refractivity contribution is -0.143. The summed E-state index contributed by atoms with van der Waals surface area (Å²) in [5, 5.41) is 2.80. The Hall–Kier alpha value is -2.14. The Bertz CT molecular complexity index is 800. The summed E-state index contributed by atoms with van der Waals surface area (Å²) in [5.41, 5.74) is 0.805. The highest BCUT2D eigenvalue weighted by molar-refractivity contribution is 7.99. The molecule has 11 heteroatoms. The molecule has 0 aliphatic carbocycles. The molecule has 0 aromatic carbocycles. The normalized spacial score (nSPS) is 11.7. The number of amides is 1. The van der Waals surface area contributed by atoms with E-state index < -0.39 is 18.0 Å². The van der Waals surface area contributed by atoms with E-state index in [4.69, 9.17) is 18.9 Å². The quantitative estimate of drug-likeness (QED) is 0.0783. The molecule has 224 valence electrons. The first kappa shape index (κ1) is 36.9. The number of carbonyl (C=O) groups excluding carboxylic acids is 4. The molecule has 0 heterocycles. The van der Waals surface area contributed by atoms with Crippen molar-refractivity contribution in [3.8, 4) is 0 Å². The van der Waals surface area contributed by atoms with Gasteiger partial charge in [-0.1, -0.05) is 33.9 Å². The molecular weight excluding hydrogens is 542 g/mol. The molecular formula is C28H47NO8S2. The van der Waals surface area contributed by atoms with Crippen molar-refractivity contribution in [3.63, 3.8) is 0 Å². The van der Waals surface area contributed by atoms with Crippen LogP contribution in [0.3, 0.4) is 0 Å². The van der Waals surface area contributed by atoms with Crippen LogP contribution < -0.4 is 5.32 Å². The Morgan fingerprint density at radius 2 is 1.36 bits per heavy atom. The average Bonchev–Trinajstić information content (AvgIpc) is 2.86. The fourth-order valence-electron chi connectivity index (χ4n) is 3.59. The standard InChI is InChI=1S/C28H47NO8S2/c1-8-34-25(31)22(4)19-38-15-13-36-24(30)11-10-12-28(6,7)17-21(3)18-29-27(33)37-14-16-39-20-23(5)26(32)35-9-2/h21H,4-5,8-20H2,1-3,6-7H3,(H,29,33). The Kier molecular flexibility index (Phi) is 20.5. The lowest BCUT2D eigenvalue weighted by atomic mass is 9.79. The second kappa shape index (κ2) is 21.7. The molecule has 0 radical (unpaired) electrons. The minimum atomic E-state index is -0.462. The van der Waals surface area contributed by atoms with E-state index in [1.807, 2.05) is 0 Å². The highest BCUT2D eigenvalue weighted by Crippen LogP contribution is 2.31. The van der Waals surface area contributed by atoms with Crippen LogP contribution in [0.25, 0.3) is 0 Å². The van der Waals surface area contributed by atoms with Crippen LogP contribution in [0.1, 0.15) is 60.3 Å². The molecule has 1 unspecified atom stereocenters. The van der Waals surface area contributed by atoms with Crippen LogP contribution in [0.2, 0.25) is 0 Å². The van der Waals surface area contributed by atoms with E-state index >= 15 is 0 Å². The molecule has 9 nitrogen and oxygen atoms in total. The predicted molar refractivity (Wildman–Crippen MR) is 158 cm³/mol. The van der Waals surface area contributed by atoms with Gasteiger partial charge in [-0.25, -0.2) is 14.4 Å². The molecule has 1 N–H and O–H groups in total. The van der Waals surface area contributed by atoms with E-state index in [1.165, 1.54) is 23.5 Å². The van der Waals surface area contributed by atoms with Gasteiger partial charge in [-0.2, -0.15) is 23.5 Å². The van der Waals surface area contributed by atoms with Crippen LogP contribution in [-0.4, -0.2) is 80.0 Å². The lowest BCUT2D eigenvalue weighted by Gasteiger charge is -2.28. The maximum atomic E-state index is 12.0. The molecule has 0 saturated heterocycles. The van der Waals surface area contributed by atoms with Crippen molar-refractivity contribution in [1.82, 2.24) is 5.32 Å². The first-order valence-corrected chi connectivity index (χ1v) is 15.6.